The van der Waals surface area contributed by atoms with Crippen molar-refractivity contribution in [1.29, 1.82) is 0 Å². The molecule has 2 rings (SSSR count). The van der Waals surface area contributed by atoms with E-state index in [4.69, 9.17) is 9.47 Å². The van der Waals surface area contributed by atoms with Crippen LogP contribution < -0.4 is 15.4 Å². The van der Waals surface area contributed by atoms with Crippen LogP contribution in [0.25, 0.3) is 0 Å². The zero-order chi connectivity index (χ0) is 19.2. The number of hydrogen-bond acceptors (Lipinski definition) is 4. The van der Waals surface area contributed by atoms with Crippen LogP contribution in [0.3, 0.4) is 0 Å². The summed E-state index contributed by atoms with van der Waals surface area (Å²) < 4.78 is 49.8. The molecule has 8 heteroatoms. The number of ether oxygens (including phenoxy) is 2. The number of amides is 1. The number of rotatable bonds is 7. The molecule has 0 aliphatic carbocycles. The summed E-state index contributed by atoms with van der Waals surface area (Å²) in [6.45, 7) is 0.476. The van der Waals surface area contributed by atoms with Crippen molar-refractivity contribution in [3.63, 3.8) is 0 Å². The van der Waals surface area contributed by atoms with Crippen molar-refractivity contribution < 1.29 is 27.4 Å². The smallest absolute Gasteiger partial charge is 0.418 e. The summed E-state index contributed by atoms with van der Waals surface area (Å²) >= 11 is 0. The second kappa shape index (κ2) is 8.57. The minimum atomic E-state index is -4.60. The Morgan fingerprint density at radius 3 is 2.54 bits per heavy atom. The molecule has 2 aromatic carbocycles. The normalized spacial score (nSPS) is 11.1. The van der Waals surface area contributed by atoms with Crippen LogP contribution in [-0.2, 0) is 10.9 Å². The molecule has 5 nitrogen and oxygen atoms in total. The fraction of sp³-hybridized carbons (Fsp3) is 0.278. The molecule has 0 heterocycles. The largest absolute Gasteiger partial charge is 0.497 e. The van der Waals surface area contributed by atoms with Gasteiger partial charge in [0.1, 0.15) is 5.75 Å². The lowest BCUT2D eigenvalue weighted by atomic mass is 10.1. The molecule has 0 aromatic heterocycles. The van der Waals surface area contributed by atoms with Crippen molar-refractivity contribution in [2.75, 3.05) is 38.0 Å². The Labute approximate surface area is 149 Å². The third-order valence-corrected chi connectivity index (χ3v) is 3.54. The minimum Gasteiger partial charge on any atom is -0.497 e. The molecule has 0 spiro atoms. The van der Waals surface area contributed by atoms with Gasteiger partial charge in [0.05, 0.1) is 19.3 Å². The Morgan fingerprint density at radius 1 is 1.12 bits per heavy atom. The lowest BCUT2D eigenvalue weighted by Crippen LogP contribution is -2.17. The number of carbonyl (C=O) groups excluding carboxylic acids is 1. The Kier molecular flexibility index (Phi) is 6.46. The molecular weight excluding hydrogens is 349 g/mol. The summed E-state index contributed by atoms with van der Waals surface area (Å²) in [6.07, 6.45) is -4.60. The number of carbonyl (C=O) groups is 1. The third-order valence-electron chi connectivity index (χ3n) is 3.54. The topological polar surface area (TPSA) is 59.6 Å². The van der Waals surface area contributed by atoms with E-state index in [9.17, 15) is 18.0 Å². The van der Waals surface area contributed by atoms with E-state index in [1.54, 1.807) is 24.3 Å². The van der Waals surface area contributed by atoms with E-state index in [1.807, 2.05) is 0 Å². The van der Waals surface area contributed by atoms with E-state index in [2.05, 4.69) is 10.6 Å². The molecule has 0 radical (unpaired) electrons. The first-order valence-electron chi connectivity index (χ1n) is 7.74. The predicted molar refractivity (Wildman–Crippen MR) is 92.8 cm³/mol. The van der Waals surface area contributed by atoms with E-state index < -0.39 is 17.6 Å². The van der Waals surface area contributed by atoms with Crippen LogP contribution in [0, 0.1) is 0 Å². The highest BCUT2D eigenvalue weighted by atomic mass is 19.4. The maximum atomic E-state index is 13.3. The van der Waals surface area contributed by atoms with E-state index in [0.717, 1.165) is 6.07 Å². The van der Waals surface area contributed by atoms with Crippen LogP contribution in [-0.4, -0.2) is 33.3 Å². The van der Waals surface area contributed by atoms with E-state index in [0.29, 0.717) is 11.4 Å². The number of benzene rings is 2. The number of anilines is 2. The second-order valence-corrected chi connectivity index (χ2v) is 5.36. The zero-order valence-corrected chi connectivity index (χ0v) is 14.3. The zero-order valence-electron chi connectivity index (χ0n) is 14.3. The molecule has 0 aliphatic heterocycles. The predicted octanol–water partition coefficient (Wildman–Crippen LogP) is 4.02. The fourth-order valence-corrected chi connectivity index (χ4v) is 2.27. The van der Waals surface area contributed by atoms with Crippen molar-refractivity contribution in [3.8, 4) is 5.75 Å². The maximum absolute atomic E-state index is 13.3. The van der Waals surface area contributed by atoms with Gasteiger partial charge in [-0.25, -0.2) is 0 Å². The van der Waals surface area contributed by atoms with Crippen LogP contribution in [0.15, 0.2) is 42.5 Å². The number of methoxy groups -OCH3 is 2. The van der Waals surface area contributed by atoms with Gasteiger partial charge in [-0.2, -0.15) is 13.2 Å². The summed E-state index contributed by atoms with van der Waals surface area (Å²) in [7, 11) is 2.93. The standard InChI is InChI=1S/C18H19F3N2O3/c1-25-9-8-22-16-7-6-12(10-15(16)18(19,20)21)17(24)23-13-4-3-5-14(11-13)26-2/h3-7,10-11,22H,8-9H2,1-2H3,(H,23,24). The molecule has 2 N–H and O–H groups in total. The Bertz CT molecular complexity index is 764. The van der Waals surface area contributed by atoms with Crippen LogP contribution >= 0.6 is 0 Å². The van der Waals surface area contributed by atoms with Gasteiger partial charge in [0.2, 0.25) is 0 Å². The number of halogens is 3. The second-order valence-electron chi connectivity index (χ2n) is 5.36. The lowest BCUT2D eigenvalue weighted by molar-refractivity contribution is -0.137. The van der Waals surface area contributed by atoms with Crippen LogP contribution in [0.2, 0.25) is 0 Å². The monoisotopic (exact) mass is 368 g/mol. The molecule has 0 saturated heterocycles. The fourth-order valence-electron chi connectivity index (χ4n) is 2.27. The van der Waals surface area contributed by atoms with Gasteiger partial charge in [-0.05, 0) is 30.3 Å². The first-order chi connectivity index (χ1) is 12.3. The van der Waals surface area contributed by atoms with Crippen LogP contribution in [0.4, 0.5) is 24.5 Å². The van der Waals surface area contributed by atoms with Gasteiger partial charge in [-0.3, -0.25) is 4.79 Å². The highest BCUT2D eigenvalue weighted by molar-refractivity contribution is 6.04. The first-order valence-corrected chi connectivity index (χ1v) is 7.74. The number of nitrogens with one attached hydrogen (secondary N) is 2. The highest BCUT2D eigenvalue weighted by Crippen LogP contribution is 2.35. The van der Waals surface area contributed by atoms with Crippen LogP contribution in [0.5, 0.6) is 5.75 Å². The quantitative estimate of drug-likeness (QED) is 0.725. The summed E-state index contributed by atoms with van der Waals surface area (Å²) in [4.78, 5) is 12.3. The molecule has 0 bridgehead atoms. The van der Waals surface area contributed by atoms with Crippen molar-refractivity contribution in [1.82, 2.24) is 0 Å². The lowest BCUT2D eigenvalue weighted by Gasteiger charge is -2.16. The average molecular weight is 368 g/mol. The van der Waals surface area contributed by atoms with Gasteiger partial charge in [0.15, 0.2) is 0 Å². The molecular formula is C18H19F3N2O3. The van der Waals surface area contributed by atoms with E-state index in [-0.39, 0.29) is 24.4 Å². The molecule has 0 fully saturated rings. The Balaban J connectivity index is 2.24. The van der Waals surface area contributed by atoms with Gasteiger partial charge in [-0.1, -0.05) is 6.07 Å². The number of alkyl halides is 3. The first kappa shape index (κ1) is 19.6. The van der Waals surface area contributed by atoms with E-state index >= 15 is 0 Å². The van der Waals surface area contributed by atoms with Gasteiger partial charge in [-0.15, -0.1) is 0 Å². The Hall–Kier alpha value is -2.74. The van der Waals surface area contributed by atoms with Crippen molar-refractivity contribution >= 4 is 17.3 Å². The molecule has 0 unspecified atom stereocenters. The Morgan fingerprint density at radius 2 is 1.88 bits per heavy atom. The molecule has 0 atom stereocenters. The summed E-state index contributed by atoms with van der Waals surface area (Å²) in [5, 5.41) is 5.22. The molecule has 0 aliphatic rings. The average Bonchev–Trinajstić information content (AvgIpc) is 2.61. The van der Waals surface area contributed by atoms with Gasteiger partial charge in [0.25, 0.3) is 5.91 Å². The molecule has 140 valence electrons. The molecule has 0 saturated carbocycles. The van der Waals surface area contributed by atoms with Gasteiger partial charge < -0.3 is 20.1 Å². The van der Waals surface area contributed by atoms with Crippen LogP contribution in [0.1, 0.15) is 15.9 Å². The summed E-state index contributed by atoms with van der Waals surface area (Å²) in [6, 6.07) is 9.94. The molecule has 26 heavy (non-hydrogen) atoms. The maximum Gasteiger partial charge on any atom is 0.418 e. The van der Waals surface area contributed by atoms with Gasteiger partial charge in [0, 0.05) is 36.7 Å². The molecule has 1 amide bonds. The molecule has 2 aromatic rings. The van der Waals surface area contributed by atoms with E-state index in [1.165, 1.54) is 26.4 Å². The SMILES string of the molecule is COCCNc1ccc(C(=O)Nc2cccc(OC)c2)cc1C(F)(F)F. The summed E-state index contributed by atoms with van der Waals surface area (Å²) in [5.74, 6) is -0.122. The van der Waals surface area contributed by atoms with Gasteiger partial charge >= 0.3 is 6.18 Å². The van der Waals surface area contributed by atoms with Crippen molar-refractivity contribution in [2.45, 2.75) is 6.18 Å². The van der Waals surface area contributed by atoms with Crippen molar-refractivity contribution in [2.24, 2.45) is 0 Å². The minimum absolute atomic E-state index is 0.0996. The third kappa shape index (κ3) is 5.13. The summed E-state index contributed by atoms with van der Waals surface area (Å²) in [5.41, 5.74) is -0.693. The van der Waals surface area contributed by atoms with Crippen molar-refractivity contribution in [3.05, 3.63) is 53.6 Å². The number of hydrogen-bond donors (Lipinski definition) is 2. The highest BCUT2D eigenvalue weighted by Gasteiger charge is 2.34.